The molecule has 0 aliphatic carbocycles. The molecule has 0 saturated heterocycles. The summed E-state index contributed by atoms with van der Waals surface area (Å²) in [4.78, 5) is 30.4. The Morgan fingerprint density at radius 1 is 0.800 bits per heavy atom. The third-order valence-electron chi connectivity index (χ3n) is 3.88. The van der Waals surface area contributed by atoms with Gasteiger partial charge in [-0.1, -0.05) is 41.5 Å². The number of carboxylic acids is 3. The number of nitrogens with two attached hydrogens (primary N) is 1. The van der Waals surface area contributed by atoms with Gasteiger partial charge in [0.15, 0.2) is 6.10 Å². The molecule has 0 aliphatic rings. The number of hydrogen-bond acceptors (Lipinski definition) is 5. The van der Waals surface area contributed by atoms with Crippen LogP contribution in [0, 0.1) is 23.2 Å². The van der Waals surface area contributed by atoms with Gasteiger partial charge in [-0.2, -0.15) is 0 Å². The molecule has 0 aromatic carbocycles. The number of carboxylic acid groups (broad SMARTS) is 3. The molecule has 8 nitrogen and oxygen atoms in total. The molecule has 2 atom stereocenters. The maximum Gasteiger partial charge on any atom is 0.332 e. The maximum atomic E-state index is 10.5. The normalized spacial score (nSPS) is 13.3. The van der Waals surface area contributed by atoms with Crippen LogP contribution in [0.4, 0.5) is 0 Å². The molecule has 25 heavy (non-hydrogen) atoms. The molecule has 150 valence electrons. The van der Waals surface area contributed by atoms with Gasteiger partial charge in [-0.25, -0.2) is 4.79 Å². The van der Waals surface area contributed by atoms with E-state index in [1.807, 2.05) is 13.8 Å². The fourth-order valence-corrected chi connectivity index (χ4v) is 0.817. The van der Waals surface area contributed by atoms with E-state index < -0.39 is 35.5 Å². The second-order valence-corrected chi connectivity index (χ2v) is 7.32. The molecule has 0 bridgehead atoms. The summed E-state index contributed by atoms with van der Waals surface area (Å²) >= 11 is 0. The minimum Gasteiger partial charge on any atom is -0.481 e. The highest BCUT2D eigenvalue weighted by Gasteiger charge is 2.30. The van der Waals surface area contributed by atoms with Crippen molar-refractivity contribution in [1.29, 1.82) is 0 Å². The first-order chi connectivity index (χ1) is 11.0. The molecular weight excluding hydrogens is 330 g/mol. The summed E-state index contributed by atoms with van der Waals surface area (Å²) < 4.78 is 0. The number of carbonyl (C=O) groups is 3. The van der Waals surface area contributed by atoms with Gasteiger partial charge < -0.3 is 26.2 Å². The first-order valence-corrected chi connectivity index (χ1v) is 8.12. The molecule has 8 heteroatoms. The molecule has 0 aliphatic heterocycles. The van der Waals surface area contributed by atoms with Crippen LogP contribution in [0.3, 0.4) is 0 Å². The first kappa shape index (κ1) is 28.1. The average molecular weight is 365 g/mol. The van der Waals surface area contributed by atoms with E-state index in [-0.39, 0.29) is 17.8 Å². The number of hydrogen-bond donors (Lipinski definition) is 5. The van der Waals surface area contributed by atoms with Crippen LogP contribution < -0.4 is 5.73 Å². The monoisotopic (exact) mass is 365 g/mol. The van der Waals surface area contributed by atoms with Crippen LogP contribution >= 0.6 is 0 Å². The fraction of sp³-hybridized carbons (Fsp3) is 0.824. The number of aliphatic hydroxyl groups is 1. The number of aliphatic carboxylic acids is 3. The quantitative estimate of drug-likeness (QED) is 0.477. The van der Waals surface area contributed by atoms with Gasteiger partial charge in [0.1, 0.15) is 6.04 Å². The van der Waals surface area contributed by atoms with Crippen LogP contribution in [0.25, 0.3) is 0 Å². The van der Waals surface area contributed by atoms with Crippen LogP contribution in [0.2, 0.25) is 0 Å². The largest absolute Gasteiger partial charge is 0.481 e. The van der Waals surface area contributed by atoms with E-state index in [1.165, 1.54) is 0 Å². The van der Waals surface area contributed by atoms with Crippen LogP contribution in [0.15, 0.2) is 0 Å². The van der Waals surface area contributed by atoms with Gasteiger partial charge >= 0.3 is 17.9 Å². The SMILES string of the molecule is CC(C)C(C)(C)C(=O)O.CC(C)C(N)C(=O)O.CC(C)C(O)C(=O)O. The van der Waals surface area contributed by atoms with E-state index in [9.17, 15) is 14.4 Å². The van der Waals surface area contributed by atoms with Crippen LogP contribution in [-0.2, 0) is 14.4 Å². The van der Waals surface area contributed by atoms with E-state index in [2.05, 4.69) is 0 Å². The van der Waals surface area contributed by atoms with Gasteiger partial charge in [-0.05, 0) is 31.6 Å². The van der Waals surface area contributed by atoms with Crippen LogP contribution in [0.1, 0.15) is 55.4 Å². The molecule has 0 rings (SSSR count). The Bertz CT molecular complexity index is 393. The Balaban J connectivity index is -0.000000291. The smallest absolute Gasteiger partial charge is 0.332 e. The second-order valence-electron chi connectivity index (χ2n) is 7.32. The lowest BCUT2D eigenvalue weighted by molar-refractivity contribution is -0.150. The molecule has 0 amide bonds. The van der Waals surface area contributed by atoms with Gasteiger partial charge in [0.05, 0.1) is 5.41 Å². The summed E-state index contributed by atoms with van der Waals surface area (Å²) in [6.07, 6.45) is -1.21. The summed E-state index contributed by atoms with van der Waals surface area (Å²) in [7, 11) is 0. The molecule has 2 unspecified atom stereocenters. The van der Waals surface area contributed by atoms with Gasteiger partial charge in [0, 0.05) is 0 Å². The lowest BCUT2D eigenvalue weighted by Crippen LogP contribution is -2.34. The standard InChI is InChI=1S/C7H14O2.C5H11NO2.C5H10O3/c1-5(2)7(3,4)6(8)9;2*1-3(2)4(6)5(7)8/h5H,1-4H3,(H,8,9);3-4H,6H2,1-2H3,(H,7,8);3-4,6H,1-2H3,(H,7,8). The lowest BCUT2D eigenvalue weighted by Gasteiger charge is -2.22. The van der Waals surface area contributed by atoms with Crippen molar-refractivity contribution in [2.24, 2.45) is 28.9 Å². The van der Waals surface area contributed by atoms with Crippen molar-refractivity contribution in [3.8, 4) is 0 Å². The molecule has 0 aromatic rings. The van der Waals surface area contributed by atoms with E-state index in [1.54, 1.807) is 41.5 Å². The molecule has 0 heterocycles. The average Bonchev–Trinajstić information content (AvgIpc) is 2.45. The van der Waals surface area contributed by atoms with Crippen LogP contribution in [-0.4, -0.2) is 50.5 Å². The van der Waals surface area contributed by atoms with E-state index in [4.69, 9.17) is 26.2 Å². The summed E-state index contributed by atoms with van der Waals surface area (Å²) in [6.45, 7) is 14.2. The predicted molar refractivity (Wildman–Crippen MR) is 95.2 cm³/mol. The number of rotatable bonds is 6. The van der Waals surface area contributed by atoms with E-state index >= 15 is 0 Å². The summed E-state index contributed by atoms with van der Waals surface area (Å²) in [5, 5.41) is 33.5. The predicted octanol–water partition coefficient (Wildman–Crippen LogP) is 1.90. The zero-order valence-corrected chi connectivity index (χ0v) is 16.5. The Kier molecular flexibility index (Phi) is 14.3. The highest BCUT2D eigenvalue weighted by Crippen LogP contribution is 2.25. The van der Waals surface area contributed by atoms with Gasteiger partial charge in [-0.15, -0.1) is 0 Å². The van der Waals surface area contributed by atoms with Crippen molar-refractivity contribution in [2.75, 3.05) is 0 Å². The molecule has 0 spiro atoms. The van der Waals surface area contributed by atoms with E-state index in [0.29, 0.717) is 0 Å². The third kappa shape index (κ3) is 13.3. The highest BCUT2D eigenvalue weighted by atomic mass is 16.4. The van der Waals surface area contributed by atoms with Crippen molar-refractivity contribution < 1.29 is 34.8 Å². The Labute approximate surface area is 150 Å². The minimum atomic E-state index is -1.21. The topological polar surface area (TPSA) is 158 Å². The molecular formula is C17H35NO7. The Morgan fingerprint density at radius 2 is 1.16 bits per heavy atom. The summed E-state index contributed by atoms with van der Waals surface area (Å²) in [6, 6.07) is -0.713. The first-order valence-electron chi connectivity index (χ1n) is 8.12. The van der Waals surface area contributed by atoms with E-state index in [0.717, 1.165) is 0 Å². The fourth-order valence-electron chi connectivity index (χ4n) is 0.817. The highest BCUT2D eigenvalue weighted by molar-refractivity contribution is 5.74. The number of aliphatic hydroxyl groups excluding tert-OH is 1. The van der Waals surface area contributed by atoms with Crippen molar-refractivity contribution in [3.63, 3.8) is 0 Å². The van der Waals surface area contributed by atoms with Crippen molar-refractivity contribution in [2.45, 2.75) is 67.5 Å². The van der Waals surface area contributed by atoms with Gasteiger partial charge in [0.25, 0.3) is 0 Å². The van der Waals surface area contributed by atoms with Crippen LogP contribution in [0.5, 0.6) is 0 Å². The third-order valence-corrected chi connectivity index (χ3v) is 3.88. The van der Waals surface area contributed by atoms with Gasteiger partial charge in [0.2, 0.25) is 0 Å². The molecule has 0 radical (unpaired) electrons. The Morgan fingerprint density at radius 3 is 1.16 bits per heavy atom. The van der Waals surface area contributed by atoms with Crippen molar-refractivity contribution in [3.05, 3.63) is 0 Å². The summed E-state index contributed by atoms with van der Waals surface area (Å²) in [5.41, 5.74) is 4.58. The lowest BCUT2D eigenvalue weighted by atomic mass is 9.81. The molecule has 0 fully saturated rings. The Hall–Kier alpha value is -1.67. The zero-order valence-electron chi connectivity index (χ0n) is 16.5. The minimum absolute atomic E-state index is 0.0208. The maximum absolute atomic E-state index is 10.5. The van der Waals surface area contributed by atoms with Gasteiger partial charge in [-0.3, -0.25) is 9.59 Å². The van der Waals surface area contributed by atoms with Crippen molar-refractivity contribution >= 4 is 17.9 Å². The molecule has 6 N–H and O–H groups in total. The van der Waals surface area contributed by atoms with Crippen molar-refractivity contribution in [1.82, 2.24) is 0 Å². The second kappa shape index (κ2) is 12.7. The molecule has 0 aromatic heterocycles. The zero-order chi connectivity index (χ0) is 21.1. The summed E-state index contributed by atoms with van der Waals surface area (Å²) in [5.74, 6) is -2.80. The molecule has 0 saturated carbocycles.